The Kier molecular flexibility index (Phi) is 3.56. The molecule has 0 aliphatic carbocycles. The van der Waals surface area contributed by atoms with E-state index in [-0.39, 0.29) is 0 Å². The van der Waals surface area contributed by atoms with Crippen molar-refractivity contribution in [2.24, 2.45) is 0 Å². The Labute approximate surface area is 103 Å². The lowest BCUT2D eigenvalue weighted by atomic mass is 10.0. The van der Waals surface area contributed by atoms with E-state index in [9.17, 15) is 0 Å². The SMILES string of the molecule is C=C(/C=C/c1ccccc1)c1ccccc1C. The Morgan fingerprint density at radius 2 is 1.59 bits per heavy atom. The summed E-state index contributed by atoms with van der Waals surface area (Å²) >= 11 is 0. The molecule has 2 aromatic carbocycles. The van der Waals surface area contributed by atoms with Crippen molar-refractivity contribution in [2.45, 2.75) is 6.92 Å². The van der Waals surface area contributed by atoms with E-state index >= 15 is 0 Å². The Bertz CT molecular complexity index is 533. The lowest BCUT2D eigenvalue weighted by Gasteiger charge is -2.04. The third-order valence-corrected chi connectivity index (χ3v) is 2.77. The van der Waals surface area contributed by atoms with Crippen molar-refractivity contribution in [1.82, 2.24) is 0 Å². The van der Waals surface area contributed by atoms with E-state index in [4.69, 9.17) is 0 Å². The molecule has 0 amide bonds. The van der Waals surface area contributed by atoms with E-state index in [1.54, 1.807) is 0 Å². The van der Waals surface area contributed by atoms with Gasteiger partial charge in [-0.05, 0) is 29.2 Å². The summed E-state index contributed by atoms with van der Waals surface area (Å²) in [5.41, 5.74) is 4.71. The average Bonchev–Trinajstić information content (AvgIpc) is 2.38. The Balaban J connectivity index is 2.18. The molecule has 0 fully saturated rings. The van der Waals surface area contributed by atoms with Crippen molar-refractivity contribution in [2.75, 3.05) is 0 Å². The number of allylic oxidation sites excluding steroid dienone is 2. The van der Waals surface area contributed by atoms with Gasteiger partial charge in [0.2, 0.25) is 0 Å². The third-order valence-electron chi connectivity index (χ3n) is 2.77. The van der Waals surface area contributed by atoms with Crippen LogP contribution in [0.3, 0.4) is 0 Å². The van der Waals surface area contributed by atoms with E-state index < -0.39 is 0 Å². The van der Waals surface area contributed by atoms with Gasteiger partial charge in [-0.25, -0.2) is 0 Å². The molecule has 0 N–H and O–H groups in total. The zero-order valence-electron chi connectivity index (χ0n) is 10.1. The molecule has 2 rings (SSSR count). The first-order chi connectivity index (χ1) is 8.27. The monoisotopic (exact) mass is 220 g/mol. The van der Waals surface area contributed by atoms with Crippen molar-refractivity contribution in [3.05, 3.63) is 83.9 Å². The zero-order chi connectivity index (χ0) is 12.1. The molecule has 84 valence electrons. The van der Waals surface area contributed by atoms with Gasteiger partial charge in [-0.15, -0.1) is 0 Å². The summed E-state index contributed by atoms with van der Waals surface area (Å²) < 4.78 is 0. The largest absolute Gasteiger partial charge is 0.0911 e. The average molecular weight is 220 g/mol. The van der Waals surface area contributed by atoms with Gasteiger partial charge in [0, 0.05) is 0 Å². The second-order valence-corrected chi connectivity index (χ2v) is 4.08. The lowest BCUT2D eigenvalue weighted by molar-refractivity contribution is 1.43. The predicted octanol–water partition coefficient (Wildman–Crippen LogP) is 4.72. The molecule has 0 aliphatic rings. The molecule has 0 spiro atoms. The molecule has 0 heterocycles. The van der Waals surface area contributed by atoms with Crippen molar-refractivity contribution in [3.8, 4) is 0 Å². The van der Waals surface area contributed by atoms with E-state index in [0.29, 0.717) is 0 Å². The Morgan fingerprint density at radius 1 is 0.941 bits per heavy atom. The maximum atomic E-state index is 4.11. The van der Waals surface area contributed by atoms with Crippen LogP contribution in [-0.4, -0.2) is 0 Å². The van der Waals surface area contributed by atoms with E-state index in [1.165, 1.54) is 16.7 Å². The van der Waals surface area contributed by atoms with Crippen LogP contribution in [0.1, 0.15) is 16.7 Å². The van der Waals surface area contributed by atoms with Crippen molar-refractivity contribution < 1.29 is 0 Å². The second-order valence-electron chi connectivity index (χ2n) is 4.08. The van der Waals surface area contributed by atoms with Gasteiger partial charge in [-0.3, -0.25) is 0 Å². The van der Waals surface area contributed by atoms with Crippen LogP contribution < -0.4 is 0 Å². The Morgan fingerprint density at radius 3 is 2.29 bits per heavy atom. The fourth-order valence-corrected chi connectivity index (χ4v) is 1.78. The van der Waals surface area contributed by atoms with Crippen LogP contribution in [0.15, 0.2) is 67.3 Å². The summed E-state index contributed by atoms with van der Waals surface area (Å²) in [5.74, 6) is 0. The molecule has 0 aliphatic heterocycles. The summed E-state index contributed by atoms with van der Waals surface area (Å²) in [7, 11) is 0. The van der Waals surface area contributed by atoms with Crippen LogP contribution in [0, 0.1) is 6.92 Å². The standard InChI is InChI=1S/C17H16/c1-14-8-6-7-11-17(14)15(2)12-13-16-9-4-3-5-10-16/h3-13H,2H2,1H3/b13-12+. The molecule has 2 aromatic rings. The van der Waals surface area contributed by atoms with Crippen LogP contribution in [-0.2, 0) is 0 Å². The van der Waals surface area contributed by atoms with Crippen molar-refractivity contribution >= 4 is 11.6 Å². The first-order valence-electron chi connectivity index (χ1n) is 5.75. The van der Waals surface area contributed by atoms with Gasteiger partial charge in [-0.2, -0.15) is 0 Å². The topological polar surface area (TPSA) is 0 Å². The first-order valence-corrected chi connectivity index (χ1v) is 5.75. The molecular weight excluding hydrogens is 204 g/mol. The highest BCUT2D eigenvalue weighted by Gasteiger charge is 1.97. The molecule has 0 heteroatoms. The minimum atomic E-state index is 1.05. The summed E-state index contributed by atoms with van der Waals surface area (Å²) in [6.07, 6.45) is 4.16. The molecule has 0 nitrogen and oxygen atoms in total. The highest BCUT2D eigenvalue weighted by molar-refractivity contribution is 5.78. The van der Waals surface area contributed by atoms with Crippen LogP contribution >= 0.6 is 0 Å². The second kappa shape index (κ2) is 5.31. The molecule has 0 bridgehead atoms. The van der Waals surface area contributed by atoms with Gasteiger partial charge in [-0.1, -0.05) is 73.3 Å². The van der Waals surface area contributed by atoms with Crippen LogP contribution in [0.5, 0.6) is 0 Å². The molecule has 0 aromatic heterocycles. The number of aryl methyl sites for hydroxylation is 1. The quantitative estimate of drug-likeness (QED) is 0.656. The summed E-state index contributed by atoms with van der Waals surface area (Å²) in [6, 6.07) is 18.6. The smallest absolute Gasteiger partial charge is 0.0161 e. The minimum Gasteiger partial charge on any atom is -0.0911 e. The molecular formula is C17H16. The fourth-order valence-electron chi connectivity index (χ4n) is 1.78. The van der Waals surface area contributed by atoms with Crippen molar-refractivity contribution in [3.63, 3.8) is 0 Å². The predicted molar refractivity (Wildman–Crippen MR) is 75.7 cm³/mol. The number of benzene rings is 2. The summed E-state index contributed by atoms with van der Waals surface area (Å²) in [4.78, 5) is 0. The third kappa shape index (κ3) is 2.94. The van der Waals surface area contributed by atoms with E-state index in [0.717, 1.165) is 5.57 Å². The Hall–Kier alpha value is -2.08. The summed E-state index contributed by atoms with van der Waals surface area (Å²) in [5, 5.41) is 0. The summed E-state index contributed by atoms with van der Waals surface area (Å²) in [6.45, 7) is 6.22. The van der Waals surface area contributed by atoms with Crippen molar-refractivity contribution in [1.29, 1.82) is 0 Å². The van der Waals surface area contributed by atoms with Crippen LogP contribution in [0.2, 0.25) is 0 Å². The number of hydrogen-bond acceptors (Lipinski definition) is 0. The molecule has 0 radical (unpaired) electrons. The molecule has 0 saturated carbocycles. The highest BCUT2D eigenvalue weighted by atomic mass is 14.0. The van der Waals surface area contributed by atoms with Crippen LogP contribution in [0.25, 0.3) is 11.6 Å². The van der Waals surface area contributed by atoms with Crippen LogP contribution in [0.4, 0.5) is 0 Å². The fraction of sp³-hybridized carbons (Fsp3) is 0.0588. The van der Waals surface area contributed by atoms with Gasteiger partial charge in [0.05, 0.1) is 0 Å². The number of hydrogen-bond donors (Lipinski definition) is 0. The van der Waals surface area contributed by atoms with E-state index in [2.05, 4.69) is 49.9 Å². The van der Waals surface area contributed by atoms with Gasteiger partial charge in [0.25, 0.3) is 0 Å². The van der Waals surface area contributed by atoms with Gasteiger partial charge >= 0.3 is 0 Å². The maximum Gasteiger partial charge on any atom is -0.0161 e. The normalized spacial score (nSPS) is 10.6. The molecule has 0 atom stereocenters. The van der Waals surface area contributed by atoms with Gasteiger partial charge in [0.1, 0.15) is 0 Å². The maximum absolute atomic E-state index is 4.11. The minimum absolute atomic E-state index is 1.05. The van der Waals surface area contributed by atoms with Gasteiger partial charge in [0.15, 0.2) is 0 Å². The molecule has 0 saturated heterocycles. The number of rotatable bonds is 3. The highest BCUT2D eigenvalue weighted by Crippen LogP contribution is 2.18. The zero-order valence-corrected chi connectivity index (χ0v) is 10.1. The molecule has 0 unspecified atom stereocenters. The first kappa shape index (κ1) is 11.4. The van der Waals surface area contributed by atoms with Gasteiger partial charge < -0.3 is 0 Å². The molecule has 17 heavy (non-hydrogen) atoms. The lowest BCUT2D eigenvalue weighted by Crippen LogP contribution is -1.83. The van der Waals surface area contributed by atoms with E-state index in [1.807, 2.05) is 30.3 Å².